The maximum Gasteiger partial charge on any atom is 0.341 e. The summed E-state index contributed by atoms with van der Waals surface area (Å²) in [4.78, 5) is 15.5. The molecule has 1 aromatic carbocycles. The highest BCUT2D eigenvalue weighted by Gasteiger charge is 2.14. The highest BCUT2D eigenvalue weighted by atomic mass is 16.5. The Morgan fingerprint density at radius 2 is 1.90 bits per heavy atom. The topological polar surface area (TPSA) is 85.2 Å². The van der Waals surface area contributed by atoms with Crippen molar-refractivity contribution < 1.29 is 14.6 Å². The maximum atomic E-state index is 11.2. The van der Waals surface area contributed by atoms with E-state index in [1.54, 1.807) is 12.1 Å². The molecule has 0 unspecified atom stereocenters. The van der Waals surface area contributed by atoms with Crippen LogP contribution >= 0.6 is 0 Å². The Morgan fingerprint density at radius 3 is 2.52 bits per heavy atom. The summed E-state index contributed by atoms with van der Waals surface area (Å²) in [6.07, 6.45) is 1.46. The van der Waals surface area contributed by atoms with Crippen molar-refractivity contribution in [3.05, 3.63) is 40.7 Å². The fourth-order valence-corrected chi connectivity index (χ4v) is 1.95. The third-order valence-electron chi connectivity index (χ3n) is 3.06. The minimum atomic E-state index is -1.06. The number of ether oxygens (including phenoxy) is 1. The van der Waals surface area contributed by atoms with Gasteiger partial charge in [-0.3, -0.25) is 0 Å². The molecule has 1 heterocycles. The van der Waals surface area contributed by atoms with Gasteiger partial charge in [-0.25, -0.2) is 4.79 Å². The van der Waals surface area contributed by atoms with Crippen molar-refractivity contribution in [3.63, 3.8) is 0 Å². The minimum Gasteiger partial charge on any atom is -0.478 e. The standard InChI is InChI=1S/C15H17N3O3/c1-4-11-12(5-2)17-18-15(16-11)21-13-8-9(3)6-7-10(13)14(19)20/h6-8H,4-5H2,1-3H3,(H,19,20). The van der Waals surface area contributed by atoms with Gasteiger partial charge in [0, 0.05) is 0 Å². The average Bonchev–Trinajstić information content (AvgIpc) is 2.46. The van der Waals surface area contributed by atoms with Crippen LogP contribution in [0.4, 0.5) is 0 Å². The number of carboxylic acid groups (broad SMARTS) is 1. The fourth-order valence-electron chi connectivity index (χ4n) is 1.95. The molecule has 21 heavy (non-hydrogen) atoms. The summed E-state index contributed by atoms with van der Waals surface area (Å²) in [6, 6.07) is 4.93. The van der Waals surface area contributed by atoms with Crippen molar-refractivity contribution in [2.75, 3.05) is 0 Å². The zero-order valence-corrected chi connectivity index (χ0v) is 12.3. The summed E-state index contributed by atoms with van der Waals surface area (Å²) in [5.41, 5.74) is 2.60. The van der Waals surface area contributed by atoms with Crippen LogP contribution in [0.2, 0.25) is 0 Å². The minimum absolute atomic E-state index is 0.0668. The summed E-state index contributed by atoms with van der Waals surface area (Å²) in [5.74, 6) is -0.838. The van der Waals surface area contributed by atoms with Crippen LogP contribution in [-0.4, -0.2) is 26.3 Å². The molecule has 6 heteroatoms. The molecule has 0 spiro atoms. The quantitative estimate of drug-likeness (QED) is 0.910. The molecule has 0 saturated heterocycles. The Hall–Kier alpha value is -2.50. The Labute approximate surface area is 122 Å². The second kappa shape index (κ2) is 6.30. The van der Waals surface area contributed by atoms with E-state index in [-0.39, 0.29) is 17.3 Å². The van der Waals surface area contributed by atoms with Crippen LogP contribution in [0.3, 0.4) is 0 Å². The lowest BCUT2D eigenvalue weighted by Crippen LogP contribution is -2.06. The first-order valence-corrected chi connectivity index (χ1v) is 6.79. The molecule has 0 bridgehead atoms. The Morgan fingerprint density at radius 1 is 1.19 bits per heavy atom. The first-order valence-electron chi connectivity index (χ1n) is 6.79. The third kappa shape index (κ3) is 3.34. The van der Waals surface area contributed by atoms with Gasteiger partial charge in [0.25, 0.3) is 0 Å². The molecule has 1 aromatic heterocycles. The molecular formula is C15H17N3O3. The molecular weight excluding hydrogens is 270 g/mol. The zero-order chi connectivity index (χ0) is 15.4. The average molecular weight is 287 g/mol. The smallest absolute Gasteiger partial charge is 0.341 e. The molecule has 0 atom stereocenters. The van der Waals surface area contributed by atoms with Gasteiger partial charge in [0.15, 0.2) is 0 Å². The van der Waals surface area contributed by atoms with Gasteiger partial charge in [0.1, 0.15) is 11.3 Å². The number of nitrogens with zero attached hydrogens (tertiary/aromatic N) is 3. The van der Waals surface area contributed by atoms with Gasteiger partial charge >= 0.3 is 12.0 Å². The molecule has 0 aliphatic carbocycles. The lowest BCUT2D eigenvalue weighted by molar-refractivity contribution is 0.0694. The second-order valence-electron chi connectivity index (χ2n) is 4.60. The number of aromatic carboxylic acids is 1. The van der Waals surface area contributed by atoms with Crippen LogP contribution in [0.1, 0.15) is 41.2 Å². The SMILES string of the molecule is CCc1nnc(Oc2cc(C)ccc2C(=O)O)nc1CC. The van der Waals surface area contributed by atoms with E-state index in [0.717, 1.165) is 23.4 Å². The number of benzene rings is 1. The Balaban J connectivity index is 2.38. The van der Waals surface area contributed by atoms with Gasteiger partial charge < -0.3 is 9.84 Å². The van der Waals surface area contributed by atoms with E-state index in [2.05, 4.69) is 15.2 Å². The van der Waals surface area contributed by atoms with Crippen molar-refractivity contribution in [3.8, 4) is 11.8 Å². The predicted octanol–water partition coefficient (Wildman–Crippen LogP) is 2.80. The number of carbonyl (C=O) groups is 1. The molecule has 110 valence electrons. The molecule has 0 radical (unpaired) electrons. The number of aryl methyl sites for hydroxylation is 3. The zero-order valence-electron chi connectivity index (χ0n) is 12.3. The predicted molar refractivity (Wildman–Crippen MR) is 76.8 cm³/mol. The van der Waals surface area contributed by atoms with Crippen LogP contribution in [0.5, 0.6) is 11.8 Å². The summed E-state index contributed by atoms with van der Waals surface area (Å²) in [5, 5.41) is 17.2. The Bertz CT molecular complexity index is 671. The van der Waals surface area contributed by atoms with E-state index >= 15 is 0 Å². The third-order valence-corrected chi connectivity index (χ3v) is 3.06. The molecule has 0 amide bonds. The number of hydrogen-bond donors (Lipinski definition) is 1. The monoisotopic (exact) mass is 287 g/mol. The largest absolute Gasteiger partial charge is 0.478 e. The van der Waals surface area contributed by atoms with Crippen molar-refractivity contribution in [2.45, 2.75) is 33.6 Å². The molecule has 0 saturated carbocycles. The normalized spacial score (nSPS) is 10.4. The highest BCUT2D eigenvalue weighted by molar-refractivity contribution is 5.91. The lowest BCUT2D eigenvalue weighted by Gasteiger charge is -2.09. The number of rotatable bonds is 5. The summed E-state index contributed by atoms with van der Waals surface area (Å²) >= 11 is 0. The molecule has 0 aliphatic heterocycles. The van der Waals surface area contributed by atoms with E-state index in [1.807, 2.05) is 20.8 Å². The molecule has 0 fully saturated rings. The van der Waals surface area contributed by atoms with Crippen LogP contribution in [0, 0.1) is 6.92 Å². The number of aromatic nitrogens is 3. The number of hydrogen-bond acceptors (Lipinski definition) is 5. The van der Waals surface area contributed by atoms with Crippen molar-refractivity contribution in [2.24, 2.45) is 0 Å². The lowest BCUT2D eigenvalue weighted by atomic mass is 10.1. The highest BCUT2D eigenvalue weighted by Crippen LogP contribution is 2.24. The first kappa shape index (κ1) is 14.9. The van der Waals surface area contributed by atoms with Gasteiger partial charge in [-0.2, -0.15) is 4.98 Å². The molecule has 2 rings (SSSR count). The summed E-state index contributed by atoms with van der Waals surface area (Å²) in [6.45, 7) is 5.81. The molecule has 6 nitrogen and oxygen atoms in total. The van der Waals surface area contributed by atoms with Crippen molar-refractivity contribution in [1.29, 1.82) is 0 Å². The van der Waals surface area contributed by atoms with Crippen molar-refractivity contribution >= 4 is 5.97 Å². The van der Waals surface area contributed by atoms with E-state index < -0.39 is 5.97 Å². The van der Waals surface area contributed by atoms with Crippen LogP contribution in [0.15, 0.2) is 18.2 Å². The van der Waals surface area contributed by atoms with E-state index in [4.69, 9.17) is 4.74 Å². The van der Waals surface area contributed by atoms with Gasteiger partial charge in [-0.15, -0.1) is 5.10 Å². The van der Waals surface area contributed by atoms with Gasteiger partial charge in [-0.1, -0.05) is 25.0 Å². The van der Waals surface area contributed by atoms with E-state index in [0.29, 0.717) is 6.42 Å². The van der Waals surface area contributed by atoms with E-state index in [9.17, 15) is 9.90 Å². The van der Waals surface area contributed by atoms with Crippen LogP contribution in [-0.2, 0) is 12.8 Å². The first-order chi connectivity index (χ1) is 10.0. The molecule has 2 aromatic rings. The van der Waals surface area contributed by atoms with Gasteiger partial charge in [-0.05, 0) is 37.5 Å². The van der Waals surface area contributed by atoms with Crippen LogP contribution < -0.4 is 4.74 Å². The Kier molecular flexibility index (Phi) is 4.47. The fraction of sp³-hybridized carbons (Fsp3) is 0.333. The maximum absolute atomic E-state index is 11.2. The molecule has 1 N–H and O–H groups in total. The second-order valence-corrected chi connectivity index (χ2v) is 4.60. The van der Waals surface area contributed by atoms with Gasteiger partial charge in [0.05, 0.1) is 11.4 Å². The van der Waals surface area contributed by atoms with E-state index in [1.165, 1.54) is 6.07 Å². The molecule has 0 aliphatic rings. The summed E-state index contributed by atoms with van der Waals surface area (Å²) in [7, 11) is 0. The number of carboxylic acids is 1. The van der Waals surface area contributed by atoms with Crippen molar-refractivity contribution in [1.82, 2.24) is 15.2 Å². The van der Waals surface area contributed by atoms with Gasteiger partial charge in [0.2, 0.25) is 0 Å². The van der Waals surface area contributed by atoms with Crippen LogP contribution in [0.25, 0.3) is 0 Å². The summed E-state index contributed by atoms with van der Waals surface area (Å²) < 4.78 is 5.53.